The van der Waals surface area contributed by atoms with Crippen LogP contribution in [0.4, 0.5) is 0 Å². The molecule has 0 saturated heterocycles. The van der Waals surface area contributed by atoms with Crippen LogP contribution in [-0.2, 0) is 6.54 Å². The van der Waals surface area contributed by atoms with E-state index in [9.17, 15) is 9.59 Å². The second kappa shape index (κ2) is 3.85. The van der Waals surface area contributed by atoms with Crippen LogP contribution in [-0.4, -0.2) is 19.7 Å². The Morgan fingerprint density at radius 2 is 2.27 bits per heavy atom. The molecule has 0 aliphatic rings. The van der Waals surface area contributed by atoms with Gasteiger partial charge in [0, 0.05) is 12.3 Å². The molecule has 0 aliphatic carbocycles. The first-order valence-corrected chi connectivity index (χ1v) is 4.93. The predicted octanol–water partition coefficient (Wildman–Crippen LogP) is 0.0705. The average molecular weight is 271 g/mol. The molecular weight excluding hydrogens is 264 g/mol. The van der Waals surface area contributed by atoms with Crippen LogP contribution in [0.15, 0.2) is 32.5 Å². The van der Waals surface area contributed by atoms with Crippen LogP contribution in [0.1, 0.15) is 5.69 Å². The second-order valence-electron chi connectivity index (χ2n) is 2.93. The van der Waals surface area contributed by atoms with Crippen molar-refractivity contribution < 1.29 is 0 Å². The minimum atomic E-state index is -0.441. The average Bonchev–Trinajstić information content (AvgIpc) is 2.57. The van der Waals surface area contributed by atoms with E-state index in [1.54, 1.807) is 6.20 Å². The van der Waals surface area contributed by atoms with Crippen LogP contribution in [0.3, 0.4) is 0 Å². The van der Waals surface area contributed by atoms with E-state index in [0.717, 1.165) is 10.2 Å². The largest absolute Gasteiger partial charge is 0.328 e. The minimum Gasteiger partial charge on any atom is -0.295 e. The number of nitrogens with zero attached hydrogens (tertiary/aromatic N) is 2. The minimum absolute atomic E-state index is 0.330. The zero-order valence-electron chi connectivity index (χ0n) is 7.53. The number of nitrogens with one attached hydrogen (secondary N) is 2. The van der Waals surface area contributed by atoms with Crippen molar-refractivity contribution in [3.05, 3.63) is 49.5 Å². The van der Waals surface area contributed by atoms with Crippen LogP contribution in [0.5, 0.6) is 0 Å². The molecule has 0 fully saturated rings. The van der Waals surface area contributed by atoms with Gasteiger partial charge in [-0.1, -0.05) is 0 Å². The SMILES string of the molecule is O=c1ccn(Cc2[nH]ncc2Br)c(=O)[nH]1. The fraction of sp³-hybridized carbons (Fsp3) is 0.125. The highest BCUT2D eigenvalue weighted by Crippen LogP contribution is 2.12. The summed E-state index contributed by atoms with van der Waals surface area (Å²) in [6.45, 7) is 0.330. The quantitative estimate of drug-likeness (QED) is 0.810. The van der Waals surface area contributed by atoms with Gasteiger partial charge in [-0.15, -0.1) is 0 Å². The van der Waals surface area contributed by atoms with E-state index < -0.39 is 11.2 Å². The van der Waals surface area contributed by atoms with Gasteiger partial charge in [-0.2, -0.15) is 5.10 Å². The summed E-state index contributed by atoms with van der Waals surface area (Å²) in [7, 11) is 0. The highest BCUT2D eigenvalue weighted by atomic mass is 79.9. The van der Waals surface area contributed by atoms with Crippen molar-refractivity contribution in [1.29, 1.82) is 0 Å². The number of rotatable bonds is 2. The number of hydrogen-bond donors (Lipinski definition) is 2. The molecule has 0 atom stereocenters. The molecule has 2 N–H and O–H groups in total. The first-order chi connectivity index (χ1) is 7.16. The highest BCUT2D eigenvalue weighted by molar-refractivity contribution is 9.10. The van der Waals surface area contributed by atoms with Crippen LogP contribution in [0, 0.1) is 0 Å². The second-order valence-corrected chi connectivity index (χ2v) is 3.79. The summed E-state index contributed by atoms with van der Waals surface area (Å²) in [4.78, 5) is 24.3. The van der Waals surface area contributed by atoms with Gasteiger partial charge in [0.1, 0.15) is 0 Å². The molecule has 0 aromatic carbocycles. The van der Waals surface area contributed by atoms with Gasteiger partial charge in [-0.25, -0.2) is 4.79 Å². The summed E-state index contributed by atoms with van der Waals surface area (Å²) in [5.74, 6) is 0. The summed E-state index contributed by atoms with van der Waals surface area (Å²) < 4.78 is 2.17. The number of halogens is 1. The maximum atomic E-state index is 11.3. The van der Waals surface area contributed by atoms with Crippen molar-refractivity contribution in [2.75, 3.05) is 0 Å². The first-order valence-electron chi connectivity index (χ1n) is 4.14. The Bertz CT molecular complexity index is 583. The molecule has 0 spiro atoms. The fourth-order valence-corrected chi connectivity index (χ4v) is 1.46. The molecule has 0 aliphatic heterocycles. The van der Waals surface area contributed by atoms with E-state index in [4.69, 9.17) is 0 Å². The summed E-state index contributed by atoms with van der Waals surface area (Å²) >= 11 is 3.28. The van der Waals surface area contributed by atoms with Gasteiger partial charge >= 0.3 is 5.69 Å². The van der Waals surface area contributed by atoms with Crippen LogP contribution in [0.25, 0.3) is 0 Å². The zero-order chi connectivity index (χ0) is 10.8. The van der Waals surface area contributed by atoms with Crippen molar-refractivity contribution in [1.82, 2.24) is 19.7 Å². The lowest BCUT2D eigenvalue weighted by atomic mass is 10.4. The first kappa shape index (κ1) is 9.91. The molecule has 0 bridgehead atoms. The van der Waals surface area contributed by atoms with Gasteiger partial charge in [0.05, 0.1) is 22.9 Å². The molecule has 0 unspecified atom stereocenters. The lowest BCUT2D eigenvalue weighted by Crippen LogP contribution is -2.29. The third-order valence-electron chi connectivity index (χ3n) is 1.89. The monoisotopic (exact) mass is 270 g/mol. The van der Waals surface area contributed by atoms with Gasteiger partial charge in [-0.3, -0.25) is 19.4 Å². The zero-order valence-corrected chi connectivity index (χ0v) is 9.11. The Kier molecular flexibility index (Phi) is 2.55. The number of hydrogen-bond acceptors (Lipinski definition) is 3. The molecule has 0 radical (unpaired) electrons. The van der Waals surface area contributed by atoms with Crippen molar-refractivity contribution >= 4 is 15.9 Å². The van der Waals surface area contributed by atoms with E-state index in [2.05, 4.69) is 31.1 Å². The Morgan fingerprint density at radius 1 is 1.47 bits per heavy atom. The normalized spacial score (nSPS) is 10.5. The summed E-state index contributed by atoms with van der Waals surface area (Å²) in [6, 6.07) is 1.30. The van der Waals surface area contributed by atoms with Crippen molar-refractivity contribution in [3.63, 3.8) is 0 Å². The van der Waals surface area contributed by atoms with Gasteiger partial charge in [0.2, 0.25) is 0 Å². The molecule has 0 saturated carbocycles. The maximum Gasteiger partial charge on any atom is 0.328 e. The van der Waals surface area contributed by atoms with E-state index >= 15 is 0 Å². The van der Waals surface area contributed by atoms with Crippen LogP contribution < -0.4 is 11.2 Å². The molecule has 78 valence electrons. The Labute approximate surface area is 92.1 Å². The topological polar surface area (TPSA) is 83.5 Å². The molecule has 15 heavy (non-hydrogen) atoms. The lowest BCUT2D eigenvalue weighted by Gasteiger charge is -2.01. The van der Waals surface area contributed by atoms with Crippen molar-refractivity contribution in [2.24, 2.45) is 0 Å². The van der Waals surface area contributed by atoms with E-state index in [1.807, 2.05) is 0 Å². The standard InChI is InChI=1S/C8H7BrN4O2/c9-5-3-10-12-6(5)4-13-2-1-7(14)11-8(13)15/h1-3H,4H2,(H,10,12)(H,11,14,15). The molecule has 2 rings (SSSR count). The van der Waals surface area contributed by atoms with Crippen molar-refractivity contribution in [2.45, 2.75) is 6.54 Å². The van der Waals surface area contributed by atoms with Gasteiger partial charge in [0.15, 0.2) is 0 Å². The predicted molar refractivity (Wildman–Crippen MR) is 56.7 cm³/mol. The highest BCUT2D eigenvalue weighted by Gasteiger charge is 2.03. The smallest absolute Gasteiger partial charge is 0.295 e. The van der Waals surface area contributed by atoms with Gasteiger partial charge in [0.25, 0.3) is 5.56 Å². The Balaban J connectivity index is 2.37. The maximum absolute atomic E-state index is 11.3. The van der Waals surface area contributed by atoms with Gasteiger partial charge < -0.3 is 0 Å². The van der Waals surface area contributed by atoms with Gasteiger partial charge in [-0.05, 0) is 15.9 Å². The number of H-pyrrole nitrogens is 2. The molecular formula is C8H7BrN4O2. The molecule has 2 heterocycles. The van der Waals surface area contributed by atoms with E-state index in [0.29, 0.717) is 6.54 Å². The van der Waals surface area contributed by atoms with E-state index in [-0.39, 0.29) is 0 Å². The summed E-state index contributed by atoms with van der Waals surface area (Å²) in [5, 5.41) is 6.55. The van der Waals surface area contributed by atoms with Crippen LogP contribution >= 0.6 is 15.9 Å². The third-order valence-corrected chi connectivity index (χ3v) is 2.57. The molecule has 6 nitrogen and oxygen atoms in total. The molecule has 2 aromatic rings. The fourth-order valence-electron chi connectivity index (χ4n) is 1.15. The Morgan fingerprint density at radius 3 is 2.87 bits per heavy atom. The summed E-state index contributed by atoms with van der Waals surface area (Å²) in [6.07, 6.45) is 3.04. The molecule has 2 aromatic heterocycles. The number of aromatic nitrogens is 4. The van der Waals surface area contributed by atoms with Crippen LogP contribution in [0.2, 0.25) is 0 Å². The number of aromatic amines is 2. The summed E-state index contributed by atoms with van der Waals surface area (Å²) in [5.41, 5.74) is -0.0759. The Hall–Kier alpha value is -1.63. The molecule has 0 amide bonds. The third kappa shape index (κ3) is 2.07. The molecule has 7 heteroatoms. The van der Waals surface area contributed by atoms with E-state index in [1.165, 1.54) is 16.8 Å². The van der Waals surface area contributed by atoms with Crippen molar-refractivity contribution in [3.8, 4) is 0 Å². The lowest BCUT2D eigenvalue weighted by molar-refractivity contribution is 0.700.